The van der Waals surface area contributed by atoms with Gasteiger partial charge in [-0.05, 0) is 6.92 Å². The van der Waals surface area contributed by atoms with Crippen LogP contribution in [0.5, 0.6) is 11.5 Å². The molecule has 0 spiro atoms. The molecule has 0 aliphatic carbocycles. The summed E-state index contributed by atoms with van der Waals surface area (Å²) in [4.78, 5) is 10.5. The minimum Gasteiger partial charge on any atom is -0.486 e. The van der Waals surface area contributed by atoms with Crippen molar-refractivity contribution < 1.29 is 14.2 Å². The van der Waals surface area contributed by atoms with Gasteiger partial charge >= 0.3 is 0 Å². The van der Waals surface area contributed by atoms with Crippen molar-refractivity contribution in [2.45, 2.75) is 13.0 Å². The fraction of sp³-hybridized carbons (Fsp3) is 0.533. The zero-order valence-electron chi connectivity index (χ0n) is 12.1. The Balaban J connectivity index is 1.66. The van der Waals surface area contributed by atoms with Crippen LogP contribution in [0, 0.1) is 0 Å². The van der Waals surface area contributed by atoms with E-state index in [9.17, 15) is 0 Å². The molecule has 1 N–H and O–H groups in total. The largest absolute Gasteiger partial charge is 0.486 e. The molecule has 6 nitrogen and oxygen atoms in total. The first-order valence-electron chi connectivity index (χ1n) is 7.42. The smallest absolute Gasteiger partial charge is 0.163 e. The zero-order chi connectivity index (χ0) is 14.2. The standard InChI is InChI=1S/C15H19N3O3/c1-10(18-2-4-19-5-3-18)15-16-11-8-13-14(9-12(11)17-15)21-7-6-20-13/h8-10H,2-7H2,1H3,(H,16,17). The van der Waals surface area contributed by atoms with Crippen LogP contribution in [0.3, 0.4) is 0 Å². The molecule has 21 heavy (non-hydrogen) atoms. The van der Waals surface area contributed by atoms with Crippen LogP contribution in [0.15, 0.2) is 12.1 Å². The van der Waals surface area contributed by atoms with Crippen LogP contribution in [-0.2, 0) is 4.74 Å². The normalized spacial score (nSPS) is 20.6. The molecule has 6 heteroatoms. The van der Waals surface area contributed by atoms with Gasteiger partial charge in [0.1, 0.15) is 19.0 Å². The predicted octanol–water partition coefficient (Wildman–Crippen LogP) is 1.73. The number of fused-ring (bicyclic) bond motifs is 2. The van der Waals surface area contributed by atoms with Gasteiger partial charge in [0.2, 0.25) is 0 Å². The van der Waals surface area contributed by atoms with Crippen molar-refractivity contribution in [3.63, 3.8) is 0 Å². The Labute approximate surface area is 123 Å². The fourth-order valence-corrected chi connectivity index (χ4v) is 2.90. The summed E-state index contributed by atoms with van der Waals surface area (Å²) in [7, 11) is 0. The first-order chi connectivity index (χ1) is 10.3. The number of morpholine rings is 1. The van der Waals surface area contributed by atoms with Gasteiger partial charge in [-0.15, -0.1) is 0 Å². The number of aromatic nitrogens is 2. The lowest BCUT2D eigenvalue weighted by Crippen LogP contribution is -2.38. The van der Waals surface area contributed by atoms with Gasteiger partial charge in [-0.3, -0.25) is 4.90 Å². The summed E-state index contributed by atoms with van der Waals surface area (Å²) in [5.41, 5.74) is 1.92. The average Bonchev–Trinajstić information content (AvgIpc) is 2.95. The minimum atomic E-state index is 0.250. The third-order valence-corrected chi connectivity index (χ3v) is 4.15. The lowest BCUT2D eigenvalue weighted by atomic mass is 10.2. The second-order valence-electron chi connectivity index (χ2n) is 5.46. The quantitative estimate of drug-likeness (QED) is 0.912. The summed E-state index contributed by atoms with van der Waals surface area (Å²) in [5.74, 6) is 2.56. The molecular formula is C15H19N3O3. The zero-order valence-corrected chi connectivity index (χ0v) is 12.1. The number of hydrogen-bond acceptors (Lipinski definition) is 5. The van der Waals surface area contributed by atoms with Crippen LogP contribution in [0.2, 0.25) is 0 Å². The van der Waals surface area contributed by atoms with E-state index in [-0.39, 0.29) is 6.04 Å². The van der Waals surface area contributed by atoms with Crippen molar-refractivity contribution in [2.75, 3.05) is 39.5 Å². The van der Waals surface area contributed by atoms with E-state index in [1.54, 1.807) is 0 Å². The van der Waals surface area contributed by atoms with E-state index in [1.165, 1.54) is 0 Å². The number of hydrogen-bond donors (Lipinski definition) is 1. The Bertz CT molecular complexity index is 606. The molecule has 0 radical (unpaired) electrons. The molecular weight excluding hydrogens is 270 g/mol. The summed E-state index contributed by atoms with van der Waals surface area (Å²) in [6.07, 6.45) is 0. The van der Waals surface area contributed by atoms with E-state index in [2.05, 4.69) is 16.8 Å². The third-order valence-electron chi connectivity index (χ3n) is 4.15. The Hall–Kier alpha value is -1.79. The molecule has 1 saturated heterocycles. The Kier molecular flexibility index (Phi) is 3.20. The third kappa shape index (κ3) is 2.34. The molecule has 0 saturated carbocycles. The van der Waals surface area contributed by atoms with Crippen molar-refractivity contribution in [1.82, 2.24) is 14.9 Å². The monoisotopic (exact) mass is 289 g/mol. The van der Waals surface area contributed by atoms with Gasteiger partial charge in [-0.25, -0.2) is 4.98 Å². The van der Waals surface area contributed by atoms with Crippen molar-refractivity contribution in [1.29, 1.82) is 0 Å². The molecule has 2 aromatic rings. The molecule has 0 bridgehead atoms. The van der Waals surface area contributed by atoms with Crippen molar-refractivity contribution in [3.05, 3.63) is 18.0 Å². The van der Waals surface area contributed by atoms with E-state index < -0.39 is 0 Å². The molecule has 1 fully saturated rings. The summed E-state index contributed by atoms with van der Waals surface area (Å²) >= 11 is 0. The van der Waals surface area contributed by atoms with E-state index in [1.807, 2.05) is 12.1 Å². The van der Waals surface area contributed by atoms with Crippen LogP contribution in [0.25, 0.3) is 11.0 Å². The SMILES string of the molecule is CC(c1nc2cc3c(cc2[nH]1)OCCO3)N1CCOCC1. The topological polar surface area (TPSA) is 59.6 Å². The number of imidazole rings is 1. The Morgan fingerprint density at radius 3 is 2.57 bits per heavy atom. The van der Waals surface area contributed by atoms with Crippen molar-refractivity contribution in [2.24, 2.45) is 0 Å². The number of nitrogens with one attached hydrogen (secondary N) is 1. The highest BCUT2D eigenvalue weighted by atomic mass is 16.6. The first-order valence-corrected chi connectivity index (χ1v) is 7.42. The van der Waals surface area contributed by atoms with Crippen molar-refractivity contribution in [3.8, 4) is 11.5 Å². The van der Waals surface area contributed by atoms with Gasteiger partial charge in [0.05, 0.1) is 30.3 Å². The highest BCUT2D eigenvalue weighted by Crippen LogP contribution is 2.34. The molecule has 0 amide bonds. The Morgan fingerprint density at radius 2 is 1.81 bits per heavy atom. The van der Waals surface area contributed by atoms with Gasteiger partial charge in [0, 0.05) is 25.2 Å². The summed E-state index contributed by atoms with van der Waals surface area (Å²) in [6, 6.07) is 4.18. The Morgan fingerprint density at radius 1 is 1.10 bits per heavy atom. The number of nitrogens with zero attached hydrogens (tertiary/aromatic N) is 2. The average molecular weight is 289 g/mol. The van der Waals surface area contributed by atoms with Gasteiger partial charge in [-0.2, -0.15) is 0 Å². The van der Waals surface area contributed by atoms with Crippen molar-refractivity contribution >= 4 is 11.0 Å². The van der Waals surface area contributed by atoms with Crippen LogP contribution in [0.1, 0.15) is 18.8 Å². The molecule has 3 heterocycles. The molecule has 2 aliphatic heterocycles. The number of rotatable bonds is 2. The van der Waals surface area contributed by atoms with Gasteiger partial charge < -0.3 is 19.2 Å². The molecule has 1 aromatic heterocycles. The second-order valence-corrected chi connectivity index (χ2v) is 5.46. The van der Waals surface area contributed by atoms with Crippen LogP contribution >= 0.6 is 0 Å². The summed E-state index contributed by atoms with van der Waals surface area (Å²) < 4.78 is 16.6. The van der Waals surface area contributed by atoms with Gasteiger partial charge in [0.15, 0.2) is 11.5 Å². The highest BCUT2D eigenvalue weighted by Gasteiger charge is 2.22. The van der Waals surface area contributed by atoms with E-state index in [4.69, 9.17) is 19.2 Å². The summed E-state index contributed by atoms with van der Waals surface area (Å²) in [6.45, 7) is 6.85. The molecule has 4 rings (SSSR count). The fourth-order valence-electron chi connectivity index (χ4n) is 2.90. The van der Waals surface area contributed by atoms with E-state index in [0.29, 0.717) is 13.2 Å². The van der Waals surface area contributed by atoms with Crippen LogP contribution < -0.4 is 9.47 Å². The molecule has 1 aromatic carbocycles. The number of aromatic amines is 1. The van der Waals surface area contributed by atoms with E-state index in [0.717, 1.165) is 54.7 Å². The lowest BCUT2D eigenvalue weighted by Gasteiger charge is -2.31. The number of H-pyrrole nitrogens is 1. The van der Waals surface area contributed by atoms with Gasteiger partial charge in [0.25, 0.3) is 0 Å². The lowest BCUT2D eigenvalue weighted by molar-refractivity contribution is 0.0184. The highest BCUT2D eigenvalue weighted by molar-refractivity contribution is 5.80. The van der Waals surface area contributed by atoms with Crippen LogP contribution in [-0.4, -0.2) is 54.4 Å². The number of ether oxygens (including phenoxy) is 3. The molecule has 1 atom stereocenters. The molecule has 112 valence electrons. The van der Waals surface area contributed by atoms with Crippen LogP contribution in [0.4, 0.5) is 0 Å². The minimum absolute atomic E-state index is 0.250. The van der Waals surface area contributed by atoms with Gasteiger partial charge in [-0.1, -0.05) is 0 Å². The predicted molar refractivity (Wildman–Crippen MR) is 77.9 cm³/mol. The maximum absolute atomic E-state index is 5.62. The maximum atomic E-state index is 5.62. The maximum Gasteiger partial charge on any atom is 0.163 e. The molecule has 2 aliphatic rings. The second kappa shape index (κ2) is 5.20. The number of benzene rings is 1. The van der Waals surface area contributed by atoms with E-state index >= 15 is 0 Å². The summed E-state index contributed by atoms with van der Waals surface area (Å²) in [5, 5.41) is 0. The first kappa shape index (κ1) is 12.9. The molecule has 1 unspecified atom stereocenters.